The Labute approximate surface area is 94.8 Å². The van der Waals surface area contributed by atoms with Crippen LogP contribution >= 0.6 is 0 Å². The maximum atomic E-state index is 5.67. The van der Waals surface area contributed by atoms with Crippen LogP contribution in [0.25, 0.3) is 0 Å². The summed E-state index contributed by atoms with van der Waals surface area (Å²) < 4.78 is 5.67. The third-order valence-electron chi connectivity index (χ3n) is 3.18. The molecule has 0 amide bonds. The monoisotopic (exact) mass is 213 g/mol. The van der Waals surface area contributed by atoms with E-state index in [0.717, 1.165) is 25.0 Å². The van der Waals surface area contributed by atoms with Crippen molar-refractivity contribution < 1.29 is 4.74 Å². The lowest BCUT2D eigenvalue weighted by molar-refractivity contribution is 0.115. The van der Waals surface area contributed by atoms with E-state index < -0.39 is 0 Å². The summed E-state index contributed by atoms with van der Waals surface area (Å²) in [5.74, 6) is 1.50. The summed E-state index contributed by atoms with van der Waals surface area (Å²) >= 11 is 0. The summed E-state index contributed by atoms with van der Waals surface area (Å²) in [5, 5.41) is 3.68. The predicted octanol–water partition coefficient (Wildman–Crippen LogP) is 2.83. The molecule has 1 saturated heterocycles. The highest BCUT2D eigenvalue weighted by Crippen LogP contribution is 2.25. The van der Waals surface area contributed by atoms with E-state index >= 15 is 0 Å². The van der Waals surface area contributed by atoms with Crippen LogP contribution in [0.3, 0.4) is 0 Å². The first-order valence-electron chi connectivity index (χ1n) is 6.48. The van der Waals surface area contributed by atoms with Crippen LogP contribution in [0.15, 0.2) is 0 Å². The van der Waals surface area contributed by atoms with Crippen LogP contribution in [0.4, 0.5) is 0 Å². The van der Waals surface area contributed by atoms with Gasteiger partial charge in [0.2, 0.25) is 0 Å². The molecule has 1 N–H and O–H groups in total. The topological polar surface area (TPSA) is 21.3 Å². The van der Waals surface area contributed by atoms with Gasteiger partial charge in [-0.3, -0.25) is 0 Å². The van der Waals surface area contributed by atoms with Crippen molar-refractivity contribution in [3.8, 4) is 0 Å². The SMILES string of the molecule is CCCNC(CC(C)C)C1COC(C)C1. The normalized spacial score (nSPS) is 28.6. The van der Waals surface area contributed by atoms with E-state index in [1.165, 1.54) is 19.3 Å². The average Bonchev–Trinajstić information content (AvgIpc) is 2.58. The molecule has 0 saturated carbocycles. The van der Waals surface area contributed by atoms with Crippen LogP contribution in [0, 0.1) is 11.8 Å². The van der Waals surface area contributed by atoms with E-state index in [-0.39, 0.29) is 0 Å². The Bertz CT molecular complexity index is 170. The minimum absolute atomic E-state index is 0.466. The van der Waals surface area contributed by atoms with Crippen molar-refractivity contribution in [2.75, 3.05) is 13.2 Å². The summed E-state index contributed by atoms with van der Waals surface area (Å²) in [6.07, 6.45) is 4.19. The van der Waals surface area contributed by atoms with E-state index in [1.54, 1.807) is 0 Å². The average molecular weight is 213 g/mol. The largest absolute Gasteiger partial charge is 0.378 e. The molecule has 1 heterocycles. The Hall–Kier alpha value is -0.0800. The fraction of sp³-hybridized carbons (Fsp3) is 1.00. The molecule has 0 bridgehead atoms. The molecule has 2 nitrogen and oxygen atoms in total. The Kier molecular flexibility index (Phi) is 5.62. The maximum absolute atomic E-state index is 5.67. The highest BCUT2D eigenvalue weighted by molar-refractivity contribution is 4.82. The molecule has 1 rings (SSSR count). The van der Waals surface area contributed by atoms with Crippen molar-refractivity contribution in [3.05, 3.63) is 0 Å². The zero-order chi connectivity index (χ0) is 11.3. The van der Waals surface area contributed by atoms with E-state index in [1.807, 2.05) is 0 Å². The lowest BCUT2D eigenvalue weighted by Gasteiger charge is -2.25. The van der Waals surface area contributed by atoms with Gasteiger partial charge in [-0.1, -0.05) is 20.8 Å². The van der Waals surface area contributed by atoms with E-state index in [0.29, 0.717) is 12.1 Å². The highest BCUT2D eigenvalue weighted by Gasteiger charge is 2.29. The quantitative estimate of drug-likeness (QED) is 0.732. The standard InChI is InChI=1S/C13H27NO/c1-5-6-14-13(7-10(2)3)12-8-11(4)15-9-12/h10-14H,5-9H2,1-4H3. The molecule has 15 heavy (non-hydrogen) atoms. The highest BCUT2D eigenvalue weighted by atomic mass is 16.5. The van der Waals surface area contributed by atoms with Crippen LogP contribution < -0.4 is 5.32 Å². The fourth-order valence-corrected chi connectivity index (χ4v) is 2.41. The minimum atomic E-state index is 0.466. The van der Waals surface area contributed by atoms with Gasteiger partial charge in [-0.2, -0.15) is 0 Å². The van der Waals surface area contributed by atoms with Crippen molar-refractivity contribution in [2.24, 2.45) is 11.8 Å². The van der Waals surface area contributed by atoms with Gasteiger partial charge in [-0.05, 0) is 38.6 Å². The Balaban J connectivity index is 2.40. The van der Waals surface area contributed by atoms with Gasteiger partial charge in [0.1, 0.15) is 0 Å². The van der Waals surface area contributed by atoms with Crippen molar-refractivity contribution in [1.82, 2.24) is 5.32 Å². The second-order valence-corrected chi connectivity index (χ2v) is 5.33. The molecule has 2 heteroatoms. The van der Waals surface area contributed by atoms with Gasteiger partial charge in [-0.25, -0.2) is 0 Å². The zero-order valence-electron chi connectivity index (χ0n) is 10.8. The summed E-state index contributed by atoms with van der Waals surface area (Å²) in [5.41, 5.74) is 0. The van der Waals surface area contributed by atoms with Crippen LogP contribution in [0.1, 0.15) is 47.0 Å². The minimum Gasteiger partial charge on any atom is -0.378 e. The van der Waals surface area contributed by atoms with E-state index in [9.17, 15) is 0 Å². The molecular formula is C13H27NO. The second-order valence-electron chi connectivity index (χ2n) is 5.33. The summed E-state index contributed by atoms with van der Waals surface area (Å²) in [6.45, 7) is 11.1. The van der Waals surface area contributed by atoms with Gasteiger partial charge in [0, 0.05) is 12.0 Å². The van der Waals surface area contributed by atoms with Gasteiger partial charge in [0.05, 0.1) is 12.7 Å². The second kappa shape index (κ2) is 6.49. The van der Waals surface area contributed by atoms with Gasteiger partial charge in [0.25, 0.3) is 0 Å². The third-order valence-corrected chi connectivity index (χ3v) is 3.18. The molecule has 0 aliphatic carbocycles. The maximum Gasteiger partial charge on any atom is 0.0551 e. The molecule has 0 aromatic carbocycles. The first kappa shape index (κ1) is 13.0. The van der Waals surface area contributed by atoms with Crippen LogP contribution in [-0.4, -0.2) is 25.3 Å². The van der Waals surface area contributed by atoms with Crippen molar-refractivity contribution >= 4 is 0 Å². The molecule has 3 unspecified atom stereocenters. The smallest absolute Gasteiger partial charge is 0.0551 e. The summed E-state index contributed by atoms with van der Waals surface area (Å²) in [4.78, 5) is 0. The van der Waals surface area contributed by atoms with Crippen LogP contribution in [0.5, 0.6) is 0 Å². The van der Waals surface area contributed by atoms with Crippen molar-refractivity contribution in [3.63, 3.8) is 0 Å². The molecular weight excluding hydrogens is 186 g/mol. The third kappa shape index (κ3) is 4.52. The summed E-state index contributed by atoms with van der Waals surface area (Å²) in [6, 6.07) is 0.662. The molecule has 1 aliphatic heterocycles. The molecule has 0 radical (unpaired) electrons. The Morgan fingerprint density at radius 3 is 2.60 bits per heavy atom. The zero-order valence-corrected chi connectivity index (χ0v) is 10.8. The fourth-order valence-electron chi connectivity index (χ4n) is 2.41. The molecule has 3 atom stereocenters. The van der Waals surface area contributed by atoms with Gasteiger partial charge in [-0.15, -0.1) is 0 Å². The van der Waals surface area contributed by atoms with Crippen LogP contribution in [0.2, 0.25) is 0 Å². The molecule has 1 fully saturated rings. The van der Waals surface area contributed by atoms with Gasteiger partial charge < -0.3 is 10.1 Å². The number of ether oxygens (including phenoxy) is 1. The number of hydrogen-bond donors (Lipinski definition) is 1. The van der Waals surface area contributed by atoms with Crippen molar-refractivity contribution in [1.29, 1.82) is 0 Å². The van der Waals surface area contributed by atoms with Crippen LogP contribution in [-0.2, 0) is 4.74 Å². The molecule has 1 aliphatic rings. The van der Waals surface area contributed by atoms with E-state index in [2.05, 4.69) is 33.0 Å². The number of rotatable bonds is 6. The summed E-state index contributed by atoms with van der Waals surface area (Å²) in [7, 11) is 0. The van der Waals surface area contributed by atoms with Crippen molar-refractivity contribution in [2.45, 2.75) is 59.1 Å². The lowest BCUT2D eigenvalue weighted by Crippen LogP contribution is -2.38. The van der Waals surface area contributed by atoms with E-state index in [4.69, 9.17) is 4.74 Å². The molecule has 0 aromatic heterocycles. The number of hydrogen-bond acceptors (Lipinski definition) is 2. The molecule has 0 aromatic rings. The van der Waals surface area contributed by atoms with Gasteiger partial charge in [0.15, 0.2) is 0 Å². The number of nitrogens with one attached hydrogen (secondary N) is 1. The lowest BCUT2D eigenvalue weighted by atomic mass is 9.90. The molecule has 0 spiro atoms. The Morgan fingerprint density at radius 2 is 2.13 bits per heavy atom. The van der Waals surface area contributed by atoms with Gasteiger partial charge >= 0.3 is 0 Å². The molecule has 90 valence electrons. The predicted molar refractivity (Wildman–Crippen MR) is 65.1 cm³/mol. The first-order chi connectivity index (χ1) is 7.13. The Morgan fingerprint density at radius 1 is 1.40 bits per heavy atom. The first-order valence-corrected chi connectivity index (χ1v) is 6.48.